The highest BCUT2D eigenvalue weighted by Gasteiger charge is 2.47. The van der Waals surface area contributed by atoms with E-state index >= 15 is 0 Å². The van der Waals surface area contributed by atoms with E-state index in [0.29, 0.717) is 23.7 Å². The fraction of sp³-hybridized carbons (Fsp3) is 0.643. The molecule has 116 valence electrons. The van der Waals surface area contributed by atoms with Crippen LogP contribution in [0.5, 0.6) is 5.88 Å². The molecule has 1 saturated heterocycles. The standard InChI is InChI=1S/C14H21N3O4/c1-5-6-17-10(18)7-9(14(19)20)12(17)11-8(2)15-16(3)13(11)21-4/h9,12H,5-7H2,1-4H3,(H,19,20). The van der Waals surface area contributed by atoms with Crippen LogP contribution in [0.15, 0.2) is 0 Å². The predicted molar refractivity (Wildman–Crippen MR) is 75.0 cm³/mol. The Morgan fingerprint density at radius 3 is 2.71 bits per heavy atom. The number of carboxylic acids is 1. The lowest BCUT2D eigenvalue weighted by atomic mass is 9.93. The molecule has 1 aromatic rings. The zero-order chi connectivity index (χ0) is 15.7. The van der Waals surface area contributed by atoms with Crippen LogP contribution < -0.4 is 4.74 Å². The Morgan fingerprint density at radius 2 is 2.19 bits per heavy atom. The Kier molecular flexibility index (Phi) is 4.20. The number of carbonyl (C=O) groups is 2. The number of nitrogens with zero attached hydrogens (tertiary/aromatic N) is 3. The second-order valence-corrected chi connectivity index (χ2v) is 5.31. The fourth-order valence-electron chi connectivity index (χ4n) is 3.11. The zero-order valence-corrected chi connectivity index (χ0v) is 12.8. The van der Waals surface area contributed by atoms with Crippen LogP contribution in [0.4, 0.5) is 0 Å². The third kappa shape index (κ3) is 2.48. The molecule has 1 amide bonds. The molecule has 0 radical (unpaired) electrons. The number of hydrogen-bond acceptors (Lipinski definition) is 4. The minimum Gasteiger partial charge on any atom is -0.481 e. The molecule has 1 aliphatic rings. The van der Waals surface area contributed by atoms with E-state index in [9.17, 15) is 14.7 Å². The maximum absolute atomic E-state index is 12.2. The van der Waals surface area contributed by atoms with Gasteiger partial charge in [0.05, 0.1) is 30.3 Å². The third-order valence-corrected chi connectivity index (χ3v) is 3.92. The minimum absolute atomic E-state index is 0.0253. The van der Waals surface area contributed by atoms with Crippen molar-refractivity contribution in [2.24, 2.45) is 13.0 Å². The van der Waals surface area contributed by atoms with E-state index in [1.165, 1.54) is 7.11 Å². The Balaban J connectivity index is 2.55. The van der Waals surface area contributed by atoms with E-state index < -0.39 is 17.9 Å². The van der Waals surface area contributed by atoms with Gasteiger partial charge in [-0.1, -0.05) is 6.92 Å². The highest BCUT2D eigenvalue weighted by atomic mass is 16.5. The largest absolute Gasteiger partial charge is 0.481 e. The molecule has 7 heteroatoms. The van der Waals surface area contributed by atoms with Crippen LogP contribution in [-0.4, -0.2) is 45.3 Å². The molecule has 0 aliphatic carbocycles. The van der Waals surface area contributed by atoms with Crippen molar-refractivity contribution in [1.82, 2.24) is 14.7 Å². The summed E-state index contributed by atoms with van der Waals surface area (Å²) < 4.78 is 6.95. The van der Waals surface area contributed by atoms with E-state index in [-0.39, 0.29) is 12.3 Å². The molecule has 1 aliphatic heterocycles. The fourth-order valence-corrected chi connectivity index (χ4v) is 3.11. The number of hydrogen-bond donors (Lipinski definition) is 1. The first-order chi connectivity index (χ1) is 9.92. The summed E-state index contributed by atoms with van der Waals surface area (Å²) in [7, 11) is 3.27. The summed E-state index contributed by atoms with van der Waals surface area (Å²) in [4.78, 5) is 25.4. The first-order valence-corrected chi connectivity index (χ1v) is 7.02. The Bertz CT molecular complexity index is 567. The summed E-state index contributed by atoms with van der Waals surface area (Å²) in [5, 5.41) is 13.8. The molecular weight excluding hydrogens is 274 g/mol. The van der Waals surface area contributed by atoms with E-state index in [2.05, 4.69) is 5.10 Å². The highest BCUT2D eigenvalue weighted by Crippen LogP contribution is 2.43. The molecular formula is C14H21N3O4. The summed E-state index contributed by atoms with van der Waals surface area (Å²) >= 11 is 0. The van der Waals surface area contributed by atoms with Crippen molar-refractivity contribution < 1.29 is 19.4 Å². The molecule has 2 atom stereocenters. The van der Waals surface area contributed by atoms with Crippen LogP contribution in [-0.2, 0) is 16.6 Å². The van der Waals surface area contributed by atoms with Crippen molar-refractivity contribution in [3.8, 4) is 5.88 Å². The maximum atomic E-state index is 12.2. The minimum atomic E-state index is -0.961. The number of methoxy groups -OCH3 is 1. The smallest absolute Gasteiger partial charge is 0.309 e. The number of rotatable bonds is 5. The maximum Gasteiger partial charge on any atom is 0.309 e. The van der Waals surface area contributed by atoms with Crippen molar-refractivity contribution in [3.05, 3.63) is 11.3 Å². The molecule has 7 nitrogen and oxygen atoms in total. The monoisotopic (exact) mass is 295 g/mol. The van der Waals surface area contributed by atoms with Crippen molar-refractivity contribution in [2.45, 2.75) is 32.7 Å². The van der Waals surface area contributed by atoms with Crippen LogP contribution in [0.25, 0.3) is 0 Å². The summed E-state index contributed by atoms with van der Waals surface area (Å²) in [6, 6.07) is -0.515. The van der Waals surface area contributed by atoms with E-state index in [1.807, 2.05) is 13.8 Å². The second kappa shape index (κ2) is 5.75. The van der Waals surface area contributed by atoms with Gasteiger partial charge in [-0.05, 0) is 13.3 Å². The number of ether oxygens (including phenoxy) is 1. The lowest BCUT2D eigenvalue weighted by molar-refractivity contribution is -0.142. The van der Waals surface area contributed by atoms with Crippen molar-refractivity contribution in [1.29, 1.82) is 0 Å². The molecule has 1 N–H and O–H groups in total. The first kappa shape index (κ1) is 15.3. The lowest BCUT2D eigenvalue weighted by Crippen LogP contribution is -2.31. The van der Waals surface area contributed by atoms with Gasteiger partial charge in [0, 0.05) is 20.0 Å². The molecule has 0 aromatic carbocycles. The number of likely N-dealkylation sites (tertiary alicyclic amines) is 1. The van der Waals surface area contributed by atoms with Gasteiger partial charge in [0.15, 0.2) is 0 Å². The molecule has 2 heterocycles. The Labute approximate surface area is 123 Å². The van der Waals surface area contributed by atoms with Gasteiger partial charge in [0.25, 0.3) is 0 Å². The van der Waals surface area contributed by atoms with Crippen LogP contribution in [0, 0.1) is 12.8 Å². The Morgan fingerprint density at radius 1 is 1.52 bits per heavy atom. The van der Waals surface area contributed by atoms with Crippen LogP contribution in [0.1, 0.15) is 37.1 Å². The molecule has 0 spiro atoms. The normalized spacial score (nSPS) is 21.9. The van der Waals surface area contributed by atoms with Crippen molar-refractivity contribution >= 4 is 11.9 Å². The third-order valence-electron chi connectivity index (χ3n) is 3.92. The van der Waals surface area contributed by atoms with Crippen LogP contribution in [0.2, 0.25) is 0 Å². The van der Waals surface area contributed by atoms with Gasteiger partial charge in [-0.3, -0.25) is 9.59 Å². The number of aliphatic carboxylic acids is 1. The average molecular weight is 295 g/mol. The van der Waals surface area contributed by atoms with Gasteiger partial charge in [-0.2, -0.15) is 5.10 Å². The molecule has 1 fully saturated rings. The molecule has 0 bridgehead atoms. The van der Waals surface area contributed by atoms with Gasteiger partial charge in [0.1, 0.15) is 0 Å². The molecule has 1 aromatic heterocycles. The summed E-state index contributed by atoms with van der Waals surface area (Å²) in [5.41, 5.74) is 1.40. The average Bonchev–Trinajstić information content (AvgIpc) is 2.87. The lowest BCUT2D eigenvalue weighted by Gasteiger charge is -2.27. The van der Waals surface area contributed by atoms with E-state index in [0.717, 1.165) is 6.42 Å². The van der Waals surface area contributed by atoms with Gasteiger partial charge >= 0.3 is 5.97 Å². The van der Waals surface area contributed by atoms with Crippen molar-refractivity contribution in [3.63, 3.8) is 0 Å². The van der Waals surface area contributed by atoms with Gasteiger partial charge in [-0.15, -0.1) is 0 Å². The predicted octanol–water partition coefficient (Wildman–Crippen LogP) is 1.12. The van der Waals surface area contributed by atoms with Crippen LogP contribution >= 0.6 is 0 Å². The Hall–Kier alpha value is -2.05. The van der Waals surface area contributed by atoms with Gasteiger partial charge < -0.3 is 14.7 Å². The number of carboxylic acid groups (broad SMARTS) is 1. The summed E-state index contributed by atoms with van der Waals surface area (Å²) in [5.74, 6) is -1.34. The van der Waals surface area contributed by atoms with Crippen LogP contribution in [0.3, 0.4) is 0 Å². The first-order valence-electron chi connectivity index (χ1n) is 7.02. The number of aryl methyl sites for hydroxylation is 2. The topological polar surface area (TPSA) is 84.7 Å². The number of amides is 1. The van der Waals surface area contributed by atoms with Gasteiger partial charge in [-0.25, -0.2) is 4.68 Å². The molecule has 21 heavy (non-hydrogen) atoms. The van der Waals surface area contributed by atoms with Gasteiger partial charge in [0.2, 0.25) is 11.8 Å². The van der Waals surface area contributed by atoms with E-state index in [1.54, 1.807) is 16.6 Å². The van der Waals surface area contributed by atoms with E-state index in [4.69, 9.17) is 4.74 Å². The zero-order valence-electron chi connectivity index (χ0n) is 12.8. The number of carbonyl (C=O) groups excluding carboxylic acids is 1. The second-order valence-electron chi connectivity index (χ2n) is 5.31. The highest BCUT2D eigenvalue weighted by molar-refractivity contribution is 5.87. The SMILES string of the molecule is CCCN1C(=O)CC(C(=O)O)C1c1c(C)nn(C)c1OC. The summed E-state index contributed by atoms with van der Waals surface area (Å²) in [6.07, 6.45) is 0.799. The summed E-state index contributed by atoms with van der Waals surface area (Å²) in [6.45, 7) is 4.31. The quantitative estimate of drug-likeness (QED) is 0.880. The molecule has 0 saturated carbocycles. The van der Waals surface area contributed by atoms with Crippen molar-refractivity contribution in [2.75, 3.05) is 13.7 Å². The molecule has 2 unspecified atom stereocenters. The number of aromatic nitrogens is 2. The molecule has 2 rings (SSSR count).